The van der Waals surface area contributed by atoms with Gasteiger partial charge in [0.25, 0.3) is 0 Å². The van der Waals surface area contributed by atoms with Gasteiger partial charge in [0.15, 0.2) is 24.0 Å². The largest absolute Gasteiger partial charge is 0.311 e. The van der Waals surface area contributed by atoms with Gasteiger partial charge in [-0.25, -0.2) is 29.9 Å². The molecule has 0 aliphatic rings. The summed E-state index contributed by atoms with van der Waals surface area (Å²) >= 11 is 0. The maximum atomic E-state index is 5.22. The zero-order chi connectivity index (χ0) is 94.4. The first kappa shape index (κ1) is 85.5. The monoisotopic (exact) mass is 1820 g/mol. The molecule has 0 unspecified atom stereocenters. The van der Waals surface area contributed by atoms with E-state index in [1.807, 2.05) is 66.7 Å². The van der Waals surface area contributed by atoms with E-state index in [1.165, 1.54) is 49.0 Å². The highest BCUT2D eigenvalue weighted by Gasteiger charge is 2.25. The number of aromatic nitrogens is 10. The zero-order valence-corrected chi connectivity index (χ0v) is 77.3. The van der Waals surface area contributed by atoms with Crippen molar-refractivity contribution >= 4 is 128 Å². The molecule has 26 aromatic rings. The van der Waals surface area contributed by atoms with Crippen LogP contribution < -0.4 is 19.3 Å². The molecule has 670 valence electrons. The molecule has 19 aromatic carbocycles. The molecule has 0 N–H and O–H groups in total. The molecule has 0 radical (unpaired) electrons. The quantitative estimate of drug-likeness (QED) is 0.0732. The minimum atomic E-state index is 0.675. The standard InChI is InChI=1S/C46H32N4.C44H30N4.C39H28N5/c1-5-15-34(16-6-1)42-32-45(48-46(47-42)35-17-7-2-8-18-35)50-43-24-14-13-23-40(43)41-31-36(27-30-44(41)50)33-25-28-39(29-26-33)49(37-19-9-3-10-20-37)38-21-11-4-12-22-38;1-4-14-32(15-5-1)43-45-40-22-12-10-21-38(40)44(46-43)48-41-23-13-11-20-37(41)39-30-33(26-29-42(39)48)31-24-27-36(28-25-31)47(34-16-6-2-7-17-34)35-18-8-3-9-19-35;1-3-10-32(11-4-1)43(33-12-5-2-6-13-33)34-22-26-42(27-23-34)31-19-16-29(17-20-31)30-18-21-38-36(28-30)35-14-7-8-15-37(35)44(38)39-40-24-9-25-41-39/h1-32H;1-30H;1-28H/q;;+1. The predicted molar refractivity (Wildman–Crippen MR) is 585 cm³/mol. The zero-order valence-electron chi connectivity index (χ0n) is 77.3. The molecule has 0 atom stereocenters. The van der Waals surface area contributed by atoms with Gasteiger partial charge in [-0.15, -0.1) is 0 Å². The molecule has 13 nitrogen and oxygen atoms in total. The van der Waals surface area contributed by atoms with E-state index in [2.05, 4.69) is 510 Å². The number of para-hydroxylation sites is 10. The van der Waals surface area contributed by atoms with Crippen molar-refractivity contribution in [3.05, 3.63) is 546 Å². The number of rotatable bonds is 19. The number of pyridine rings is 1. The fourth-order valence-corrected chi connectivity index (χ4v) is 19.5. The molecule has 0 spiro atoms. The molecule has 0 fully saturated rings. The number of benzene rings is 19. The van der Waals surface area contributed by atoms with E-state index >= 15 is 0 Å². The van der Waals surface area contributed by atoms with Gasteiger partial charge in [0.1, 0.15) is 11.6 Å². The van der Waals surface area contributed by atoms with E-state index in [4.69, 9.17) is 19.9 Å². The Hall–Kier alpha value is -19.4. The first-order chi connectivity index (χ1) is 70.4. The van der Waals surface area contributed by atoms with Crippen LogP contribution in [0.3, 0.4) is 0 Å². The van der Waals surface area contributed by atoms with Crippen molar-refractivity contribution in [2.45, 2.75) is 0 Å². The minimum absolute atomic E-state index is 0.675. The molecule has 142 heavy (non-hydrogen) atoms. The fourth-order valence-electron chi connectivity index (χ4n) is 19.5. The summed E-state index contributed by atoms with van der Waals surface area (Å²) in [7, 11) is 0. The van der Waals surface area contributed by atoms with Crippen LogP contribution in [-0.4, -0.2) is 43.6 Å². The molecule has 7 heterocycles. The second-order valence-electron chi connectivity index (χ2n) is 34.8. The lowest BCUT2D eigenvalue weighted by Gasteiger charge is -2.25. The van der Waals surface area contributed by atoms with Crippen molar-refractivity contribution in [2.24, 2.45) is 0 Å². The molecule has 7 aromatic heterocycles. The summed E-state index contributed by atoms with van der Waals surface area (Å²) in [6.07, 6.45) is 7.81. The summed E-state index contributed by atoms with van der Waals surface area (Å²) in [4.78, 5) is 36.3. The van der Waals surface area contributed by atoms with Crippen molar-refractivity contribution in [3.63, 3.8) is 0 Å². The van der Waals surface area contributed by atoms with Gasteiger partial charge >= 0.3 is 0 Å². The summed E-state index contributed by atoms with van der Waals surface area (Å²) in [5, 5.41) is 8.12. The van der Waals surface area contributed by atoms with Crippen LogP contribution in [0.1, 0.15) is 0 Å². The van der Waals surface area contributed by atoms with Crippen LogP contribution in [0, 0.1) is 0 Å². The first-order valence-electron chi connectivity index (χ1n) is 47.7. The van der Waals surface area contributed by atoms with Gasteiger partial charge in [-0.3, -0.25) is 13.7 Å². The highest BCUT2D eigenvalue weighted by atomic mass is 15.2. The number of nitrogens with zero attached hydrogens (tertiary/aromatic N) is 13. The highest BCUT2D eigenvalue weighted by molar-refractivity contribution is 6.14. The molecule has 0 saturated carbocycles. The van der Waals surface area contributed by atoms with Crippen LogP contribution in [0.25, 0.3) is 167 Å². The fraction of sp³-hybridized carbons (Fsp3) is 0. The summed E-state index contributed by atoms with van der Waals surface area (Å²) in [5.74, 6) is 3.80. The van der Waals surface area contributed by atoms with Crippen LogP contribution in [0.15, 0.2) is 546 Å². The Bertz CT molecular complexity index is 8780. The SMILES string of the molecule is c1ccc(-c2cc(-n3c4ccccc4c4cc(-c5ccc(N(c6ccccc6)c6ccccc6)cc5)ccc43)nc(-c3ccccc3)n2)cc1.c1ccc(-c2nc(-n3c4ccccc4c4cc(-c5ccc(N(c6ccccc6)c6ccccc6)cc5)ccc43)c3ccccc3n2)cc1.c1ccc(N(c2ccccc2)c2cc[n+](-c3ccc(-c4ccc5c(c4)c4ccccc4n5-c4ncccn4)cc3)cc2)cc1. The number of fused-ring (bicyclic) bond motifs is 10. The molecule has 0 aliphatic carbocycles. The van der Waals surface area contributed by atoms with Crippen molar-refractivity contribution < 1.29 is 4.57 Å². The number of hydrogen-bond acceptors (Lipinski definition) is 9. The third-order valence-corrected chi connectivity index (χ3v) is 26.2. The summed E-state index contributed by atoms with van der Waals surface area (Å²) in [6.45, 7) is 0. The van der Waals surface area contributed by atoms with Crippen LogP contribution in [0.4, 0.5) is 51.2 Å². The van der Waals surface area contributed by atoms with E-state index in [0.29, 0.717) is 17.6 Å². The Morgan fingerprint density at radius 2 is 0.493 bits per heavy atom. The average molecular weight is 1820 g/mol. The normalized spacial score (nSPS) is 11.2. The van der Waals surface area contributed by atoms with Crippen molar-refractivity contribution in [1.29, 1.82) is 0 Å². The van der Waals surface area contributed by atoms with Gasteiger partial charge in [-0.05, 0) is 215 Å². The van der Waals surface area contributed by atoms with E-state index in [0.717, 1.165) is 152 Å². The lowest BCUT2D eigenvalue weighted by Crippen LogP contribution is -2.29. The van der Waals surface area contributed by atoms with Gasteiger partial charge in [0.05, 0.1) is 50.0 Å². The lowest BCUT2D eigenvalue weighted by molar-refractivity contribution is -0.595. The molecule has 0 bridgehead atoms. The molecular weight excluding hydrogens is 1730 g/mol. The number of hydrogen-bond donors (Lipinski definition) is 0. The van der Waals surface area contributed by atoms with E-state index in [1.54, 1.807) is 12.4 Å². The molecule has 0 amide bonds. The minimum Gasteiger partial charge on any atom is -0.311 e. The Balaban J connectivity index is 0.000000115. The van der Waals surface area contributed by atoms with E-state index < -0.39 is 0 Å². The Labute approximate surface area is 822 Å². The predicted octanol–water partition coefficient (Wildman–Crippen LogP) is 32.6. The van der Waals surface area contributed by atoms with E-state index in [-0.39, 0.29) is 0 Å². The summed E-state index contributed by atoms with van der Waals surface area (Å²) < 4.78 is 8.86. The van der Waals surface area contributed by atoms with Crippen molar-refractivity contribution in [2.75, 3.05) is 14.7 Å². The Kier molecular flexibility index (Phi) is 23.1. The van der Waals surface area contributed by atoms with Crippen molar-refractivity contribution in [1.82, 2.24) is 43.6 Å². The molecule has 26 rings (SSSR count). The summed E-state index contributed by atoms with van der Waals surface area (Å²) in [6, 6.07) is 183. The molecule has 13 heteroatoms. The molecular formula is C129H90N13+. The maximum Gasteiger partial charge on any atom is 0.234 e. The van der Waals surface area contributed by atoms with Gasteiger partial charge in [-0.1, -0.05) is 309 Å². The smallest absolute Gasteiger partial charge is 0.234 e. The lowest BCUT2D eigenvalue weighted by atomic mass is 10.0. The highest BCUT2D eigenvalue weighted by Crippen LogP contribution is 2.45. The molecule has 0 saturated heterocycles. The van der Waals surface area contributed by atoms with Crippen LogP contribution in [0.5, 0.6) is 0 Å². The Morgan fingerprint density at radius 3 is 0.908 bits per heavy atom. The van der Waals surface area contributed by atoms with Gasteiger partial charge in [0.2, 0.25) is 11.6 Å². The van der Waals surface area contributed by atoms with Crippen LogP contribution in [-0.2, 0) is 0 Å². The van der Waals surface area contributed by atoms with Gasteiger partial charge in [0, 0.05) is 143 Å². The summed E-state index contributed by atoms with van der Waals surface area (Å²) in [5.41, 5.74) is 29.6. The van der Waals surface area contributed by atoms with Crippen LogP contribution >= 0.6 is 0 Å². The first-order valence-corrected chi connectivity index (χ1v) is 47.7. The molecule has 0 aliphatic heterocycles. The average Bonchev–Trinajstić information content (AvgIpc) is 1.59. The van der Waals surface area contributed by atoms with E-state index in [9.17, 15) is 0 Å². The van der Waals surface area contributed by atoms with Crippen molar-refractivity contribution in [3.8, 4) is 90.7 Å². The van der Waals surface area contributed by atoms with Crippen LogP contribution in [0.2, 0.25) is 0 Å². The topological polar surface area (TPSA) is 106 Å². The maximum absolute atomic E-state index is 5.22. The number of anilines is 9. The van der Waals surface area contributed by atoms with Gasteiger partial charge in [-0.2, -0.15) is 4.57 Å². The Morgan fingerprint density at radius 1 is 0.190 bits per heavy atom. The second-order valence-corrected chi connectivity index (χ2v) is 34.8. The second kappa shape index (κ2) is 38.4. The third kappa shape index (κ3) is 16.9. The third-order valence-electron chi connectivity index (χ3n) is 26.2. The van der Waals surface area contributed by atoms with Gasteiger partial charge < -0.3 is 14.7 Å².